The van der Waals surface area contributed by atoms with E-state index in [1.54, 1.807) is 0 Å². The minimum Gasteiger partial charge on any atom is -0.345 e. The van der Waals surface area contributed by atoms with Gasteiger partial charge in [0.25, 0.3) is 0 Å². The Morgan fingerprint density at radius 2 is 2.17 bits per heavy atom. The Morgan fingerprint density at radius 1 is 1.50 bits per heavy atom. The maximum absolute atomic E-state index is 4.27. The van der Waals surface area contributed by atoms with Crippen LogP contribution in [0, 0.1) is 0 Å². The zero-order valence-electron chi connectivity index (χ0n) is 7.89. The molecule has 0 saturated heterocycles. The fourth-order valence-corrected chi connectivity index (χ4v) is 1.19. The Balaban J connectivity index is 2.77. The smallest absolute Gasteiger partial charge is 0.107 e. The molecule has 0 amide bonds. The maximum Gasteiger partial charge on any atom is 0.107 e. The molecular formula is C9H16N2S. The van der Waals surface area contributed by atoms with Gasteiger partial charge in [-0.2, -0.15) is 12.6 Å². The normalized spacial score (nSPS) is 12.0. The first kappa shape index (κ1) is 9.65. The highest BCUT2D eigenvalue weighted by molar-refractivity contribution is 7.80. The third-order valence-corrected chi connectivity index (χ3v) is 2.01. The van der Waals surface area contributed by atoms with Crippen molar-refractivity contribution in [3.8, 4) is 0 Å². The number of nitrogens with one attached hydrogen (secondary N) is 1. The third-order valence-electron chi connectivity index (χ3n) is 1.79. The van der Waals surface area contributed by atoms with Crippen LogP contribution in [0.15, 0.2) is 6.20 Å². The topological polar surface area (TPSA) is 28.7 Å². The molecule has 1 rings (SSSR count). The summed E-state index contributed by atoms with van der Waals surface area (Å²) in [4.78, 5) is 7.56. The summed E-state index contributed by atoms with van der Waals surface area (Å²) < 4.78 is 0. The molecule has 68 valence electrons. The molecule has 0 aliphatic rings. The molecule has 0 aromatic carbocycles. The lowest BCUT2D eigenvalue weighted by atomic mass is 9.93. The van der Waals surface area contributed by atoms with E-state index in [9.17, 15) is 0 Å². The molecule has 0 saturated carbocycles. The Morgan fingerprint density at radius 3 is 2.58 bits per heavy atom. The van der Waals surface area contributed by atoms with Gasteiger partial charge in [0.05, 0.1) is 0 Å². The molecule has 0 aliphatic carbocycles. The fraction of sp³-hybridized carbons (Fsp3) is 0.667. The van der Waals surface area contributed by atoms with Crippen LogP contribution < -0.4 is 0 Å². The van der Waals surface area contributed by atoms with Crippen molar-refractivity contribution in [3.63, 3.8) is 0 Å². The average molecular weight is 184 g/mol. The van der Waals surface area contributed by atoms with Gasteiger partial charge in [0.15, 0.2) is 0 Å². The Hall–Kier alpha value is -0.440. The molecule has 0 fully saturated rings. The molecular weight excluding hydrogens is 168 g/mol. The van der Waals surface area contributed by atoms with Crippen LogP contribution in [0.2, 0.25) is 0 Å². The Labute approximate surface area is 79.2 Å². The third kappa shape index (κ3) is 2.27. The Bertz CT molecular complexity index is 247. The van der Waals surface area contributed by atoms with E-state index in [0.717, 1.165) is 18.0 Å². The van der Waals surface area contributed by atoms with Crippen LogP contribution in [0.3, 0.4) is 0 Å². The van der Waals surface area contributed by atoms with Gasteiger partial charge in [0.1, 0.15) is 5.82 Å². The molecule has 0 bridgehead atoms. The highest BCUT2D eigenvalue weighted by atomic mass is 32.1. The first-order chi connectivity index (χ1) is 5.54. The van der Waals surface area contributed by atoms with Crippen molar-refractivity contribution in [3.05, 3.63) is 17.7 Å². The molecule has 0 radical (unpaired) electrons. The van der Waals surface area contributed by atoms with E-state index in [-0.39, 0.29) is 5.41 Å². The van der Waals surface area contributed by atoms with E-state index in [2.05, 4.69) is 43.4 Å². The van der Waals surface area contributed by atoms with Crippen LogP contribution in [0.25, 0.3) is 0 Å². The molecule has 1 aromatic heterocycles. The number of rotatable bonds is 2. The monoisotopic (exact) mass is 184 g/mol. The molecule has 3 heteroatoms. The second-order valence-corrected chi connectivity index (χ2v) is 4.41. The van der Waals surface area contributed by atoms with Gasteiger partial charge in [-0.25, -0.2) is 4.98 Å². The maximum atomic E-state index is 4.27. The lowest BCUT2D eigenvalue weighted by Crippen LogP contribution is -2.11. The van der Waals surface area contributed by atoms with Crippen LogP contribution in [0.1, 0.15) is 32.3 Å². The van der Waals surface area contributed by atoms with Crippen LogP contribution in [0.5, 0.6) is 0 Å². The number of hydrogen-bond donors (Lipinski definition) is 2. The number of imidazole rings is 1. The first-order valence-electron chi connectivity index (χ1n) is 4.19. The van der Waals surface area contributed by atoms with E-state index in [0.29, 0.717) is 0 Å². The predicted octanol–water partition coefficient (Wildman–Crippen LogP) is 2.18. The van der Waals surface area contributed by atoms with Crippen LogP contribution in [0.4, 0.5) is 0 Å². The molecule has 1 heterocycles. The molecule has 12 heavy (non-hydrogen) atoms. The standard InChI is InChI=1S/C9H16N2S/c1-9(2,3)7-6-10-8(11-7)4-5-12/h6,12H,4-5H2,1-3H3,(H,10,11). The van der Waals surface area contributed by atoms with Gasteiger partial charge in [-0.1, -0.05) is 20.8 Å². The largest absolute Gasteiger partial charge is 0.345 e. The minimum absolute atomic E-state index is 0.169. The SMILES string of the molecule is CC(C)(C)c1cnc(CCS)[nH]1. The second kappa shape index (κ2) is 3.52. The fourth-order valence-electron chi connectivity index (χ4n) is 0.977. The zero-order chi connectivity index (χ0) is 9.19. The van der Waals surface area contributed by atoms with Gasteiger partial charge in [-0.05, 0) is 5.75 Å². The molecule has 0 spiro atoms. The number of hydrogen-bond acceptors (Lipinski definition) is 2. The van der Waals surface area contributed by atoms with Gasteiger partial charge in [0, 0.05) is 23.7 Å². The van der Waals surface area contributed by atoms with Crippen molar-refractivity contribution in [1.29, 1.82) is 0 Å². The van der Waals surface area contributed by atoms with Crippen molar-refractivity contribution in [2.45, 2.75) is 32.6 Å². The predicted molar refractivity (Wildman–Crippen MR) is 54.8 cm³/mol. The van der Waals surface area contributed by atoms with Crippen molar-refractivity contribution in [2.75, 3.05) is 5.75 Å². The van der Waals surface area contributed by atoms with Crippen LogP contribution >= 0.6 is 12.6 Å². The van der Waals surface area contributed by atoms with Gasteiger partial charge in [-0.3, -0.25) is 0 Å². The summed E-state index contributed by atoms with van der Waals surface area (Å²) in [6, 6.07) is 0. The average Bonchev–Trinajstić information content (AvgIpc) is 2.35. The summed E-state index contributed by atoms with van der Waals surface area (Å²) in [5, 5.41) is 0. The summed E-state index contributed by atoms with van der Waals surface area (Å²) in [6.07, 6.45) is 2.83. The summed E-state index contributed by atoms with van der Waals surface area (Å²) in [5.74, 6) is 1.88. The number of aryl methyl sites for hydroxylation is 1. The first-order valence-corrected chi connectivity index (χ1v) is 4.82. The summed E-state index contributed by atoms with van der Waals surface area (Å²) in [5.41, 5.74) is 1.36. The summed E-state index contributed by atoms with van der Waals surface area (Å²) in [7, 11) is 0. The molecule has 0 aliphatic heterocycles. The van der Waals surface area contributed by atoms with Gasteiger partial charge >= 0.3 is 0 Å². The molecule has 1 aromatic rings. The second-order valence-electron chi connectivity index (χ2n) is 3.97. The van der Waals surface area contributed by atoms with Gasteiger partial charge in [-0.15, -0.1) is 0 Å². The molecule has 1 N–H and O–H groups in total. The number of thiol groups is 1. The van der Waals surface area contributed by atoms with Gasteiger partial charge in [0.2, 0.25) is 0 Å². The quantitative estimate of drug-likeness (QED) is 0.678. The summed E-state index contributed by atoms with van der Waals surface area (Å²) >= 11 is 4.15. The molecule has 2 nitrogen and oxygen atoms in total. The van der Waals surface area contributed by atoms with E-state index < -0.39 is 0 Å². The zero-order valence-corrected chi connectivity index (χ0v) is 8.78. The number of aromatic nitrogens is 2. The number of aromatic amines is 1. The van der Waals surface area contributed by atoms with E-state index >= 15 is 0 Å². The van der Waals surface area contributed by atoms with Crippen LogP contribution in [-0.4, -0.2) is 15.7 Å². The van der Waals surface area contributed by atoms with Crippen molar-refractivity contribution in [2.24, 2.45) is 0 Å². The lowest BCUT2D eigenvalue weighted by molar-refractivity contribution is 0.571. The Kier molecular flexibility index (Phi) is 2.83. The lowest BCUT2D eigenvalue weighted by Gasteiger charge is -2.14. The van der Waals surface area contributed by atoms with Crippen LogP contribution in [-0.2, 0) is 11.8 Å². The highest BCUT2D eigenvalue weighted by Crippen LogP contribution is 2.19. The minimum atomic E-state index is 0.169. The summed E-state index contributed by atoms with van der Waals surface area (Å²) in [6.45, 7) is 6.51. The van der Waals surface area contributed by atoms with Crippen molar-refractivity contribution in [1.82, 2.24) is 9.97 Å². The van der Waals surface area contributed by atoms with E-state index in [4.69, 9.17) is 0 Å². The highest BCUT2D eigenvalue weighted by Gasteiger charge is 2.15. The van der Waals surface area contributed by atoms with E-state index in [1.807, 2.05) is 6.20 Å². The number of nitrogens with zero attached hydrogens (tertiary/aromatic N) is 1. The van der Waals surface area contributed by atoms with E-state index in [1.165, 1.54) is 5.69 Å². The molecule has 0 unspecified atom stereocenters. The van der Waals surface area contributed by atoms with Crippen molar-refractivity contribution < 1.29 is 0 Å². The van der Waals surface area contributed by atoms with Gasteiger partial charge < -0.3 is 4.98 Å². The molecule has 0 atom stereocenters. The number of H-pyrrole nitrogens is 1. The van der Waals surface area contributed by atoms with Crippen molar-refractivity contribution >= 4 is 12.6 Å².